The molecule has 2 heterocycles. The third kappa shape index (κ3) is 7.67. The van der Waals surface area contributed by atoms with Crippen LogP contribution in [0.3, 0.4) is 0 Å². The van der Waals surface area contributed by atoms with Crippen molar-refractivity contribution >= 4 is 0 Å². The zero-order valence-corrected chi connectivity index (χ0v) is 17.4. The number of hydrogen-bond donors (Lipinski definition) is 13. The molecule has 0 spiro atoms. The number of hydrogen-bond acceptors (Lipinski definition) is 16. The number of ether oxygens (including phenoxy) is 3. The lowest BCUT2D eigenvalue weighted by Gasteiger charge is -2.45. The molecule has 1 unspecified atom stereocenters. The fraction of sp³-hybridized carbons (Fsp3) is 1.00. The molecule has 0 amide bonds. The summed E-state index contributed by atoms with van der Waals surface area (Å²) >= 11 is 0. The second-order valence-electron chi connectivity index (χ2n) is 7.52. The van der Waals surface area contributed by atoms with Crippen LogP contribution in [0.5, 0.6) is 0 Å². The zero-order valence-electron chi connectivity index (χ0n) is 17.4. The quantitative estimate of drug-likeness (QED) is 0.149. The van der Waals surface area contributed by atoms with E-state index < -0.39 is 106 Å². The van der Waals surface area contributed by atoms with Crippen LogP contribution in [0.25, 0.3) is 0 Å². The minimum absolute atomic E-state index is 0.641. The van der Waals surface area contributed by atoms with E-state index in [1.54, 1.807) is 0 Å². The molecule has 16 nitrogen and oxygen atoms in total. The molecule has 0 aromatic heterocycles. The van der Waals surface area contributed by atoms with Crippen molar-refractivity contribution in [3.63, 3.8) is 0 Å². The van der Waals surface area contributed by atoms with Gasteiger partial charge in [0, 0.05) is 0 Å². The Labute approximate surface area is 187 Å². The van der Waals surface area contributed by atoms with Gasteiger partial charge >= 0.3 is 0 Å². The van der Waals surface area contributed by atoms with Crippen molar-refractivity contribution in [1.82, 2.24) is 0 Å². The van der Waals surface area contributed by atoms with Gasteiger partial charge in [0.25, 0.3) is 0 Å². The standard InChI is InChI=1S/C12H22O11.C5H12O5/c13-1-3-5(15)6(16)9(19)12(22-3)23-10-4(2-14)21-11(20)8(18)7(10)17;6-1-3(8)5(10)4(9)2-7/h3-20H,1-2H2;3-10H,1-2H2/t3-,4-,5-,6+,7-,8-,9-,10-,11-,12-;3-,4+,5?/m1./s1. The van der Waals surface area contributed by atoms with Crippen LogP contribution in [-0.4, -0.2) is 173 Å². The molecule has 16 heteroatoms. The highest BCUT2D eigenvalue weighted by molar-refractivity contribution is 4.93. The lowest BCUT2D eigenvalue weighted by molar-refractivity contribution is -0.355. The summed E-state index contributed by atoms with van der Waals surface area (Å²) in [6, 6.07) is 0. The second kappa shape index (κ2) is 14.0. The zero-order chi connectivity index (χ0) is 25.5. The molecule has 13 N–H and O–H groups in total. The summed E-state index contributed by atoms with van der Waals surface area (Å²) in [6.07, 6.45) is -19.9. The van der Waals surface area contributed by atoms with Crippen LogP contribution in [0.15, 0.2) is 0 Å². The molecule has 0 aromatic rings. The average molecular weight is 494 g/mol. The maximum absolute atomic E-state index is 9.94. The van der Waals surface area contributed by atoms with Crippen LogP contribution in [0.2, 0.25) is 0 Å². The molecule has 2 fully saturated rings. The minimum atomic E-state index is -1.74. The van der Waals surface area contributed by atoms with Crippen molar-refractivity contribution in [2.24, 2.45) is 0 Å². The number of aliphatic hydroxyl groups excluding tert-OH is 13. The van der Waals surface area contributed by atoms with Gasteiger partial charge in [-0.25, -0.2) is 0 Å². The van der Waals surface area contributed by atoms with E-state index in [1.807, 2.05) is 0 Å². The van der Waals surface area contributed by atoms with Gasteiger partial charge in [0.15, 0.2) is 12.6 Å². The van der Waals surface area contributed by atoms with Gasteiger partial charge < -0.3 is 80.6 Å². The number of rotatable bonds is 8. The average Bonchev–Trinajstić information content (AvgIpc) is 2.82. The summed E-state index contributed by atoms with van der Waals surface area (Å²) in [5.74, 6) is 0. The highest BCUT2D eigenvalue weighted by atomic mass is 16.7. The molecule has 0 aromatic carbocycles. The lowest BCUT2D eigenvalue weighted by atomic mass is 9.97. The normalized spacial score (nSPS) is 42.1. The Morgan fingerprint density at radius 3 is 1.58 bits per heavy atom. The summed E-state index contributed by atoms with van der Waals surface area (Å²) in [4.78, 5) is 0. The predicted octanol–water partition coefficient (Wildman–Crippen LogP) is -8.34. The molecule has 2 rings (SSSR count). The second-order valence-corrected chi connectivity index (χ2v) is 7.52. The maximum Gasteiger partial charge on any atom is 0.187 e. The van der Waals surface area contributed by atoms with Crippen molar-refractivity contribution in [1.29, 1.82) is 0 Å². The monoisotopic (exact) mass is 494 g/mol. The molecule has 0 bridgehead atoms. The van der Waals surface area contributed by atoms with Gasteiger partial charge in [-0.2, -0.15) is 0 Å². The Morgan fingerprint density at radius 2 is 1.12 bits per heavy atom. The lowest BCUT2D eigenvalue weighted by Crippen LogP contribution is -2.64. The van der Waals surface area contributed by atoms with E-state index >= 15 is 0 Å². The Kier molecular flexibility index (Phi) is 12.9. The maximum atomic E-state index is 9.94. The third-order valence-corrected chi connectivity index (χ3v) is 5.14. The first-order valence-corrected chi connectivity index (χ1v) is 9.97. The van der Waals surface area contributed by atoms with E-state index in [9.17, 15) is 35.7 Å². The van der Waals surface area contributed by atoms with Gasteiger partial charge in [0.05, 0.1) is 26.4 Å². The van der Waals surface area contributed by atoms with Gasteiger partial charge in [-0.15, -0.1) is 0 Å². The van der Waals surface area contributed by atoms with Crippen molar-refractivity contribution < 1.29 is 80.6 Å². The van der Waals surface area contributed by atoms with E-state index in [4.69, 9.17) is 44.8 Å². The van der Waals surface area contributed by atoms with Crippen molar-refractivity contribution in [2.45, 2.75) is 79.7 Å². The van der Waals surface area contributed by atoms with Crippen LogP contribution in [-0.2, 0) is 14.2 Å². The van der Waals surface area contributed by atoms with Crippen molar-refractivity contribution in [2.75, 3.05) is 26.4 Å². The molecular formula is C17H34O16. The van der Waals surface area contributed by atoms with Crippen LogP contribution in [0, 0.1) is 0 Å². The van der Waals surface area contributed by atoms with Gasteiger partial charge in [-0.1, -0.05) is 0 Å². The molecule has 2 saturated heterocycles. The SMILES string of the molecule is OC[C@@H](O)C(O)[C@@H](O)CO.OC[C@H]1O[C@H](O[C@H]2[C@H](O)[C@@H](O)[C@H](O)O[C@@H]2CO)[C@H](O)[C@@H](O)[C@@H]1O. The van der Waals surface area contributed by atoms with Gasteiger partial charge in [-0.05, 0) is 0 Å². The van der Waals surface area contributed by atoms with Crippen LogP contribution < -0.4 is 0 Å². The molecule has 0 aliphatic carbocycles. The van der Waals surface area contributed by atoms with Crippen molar-refractivity contribution in [3.05, 3.63) is 0 Å². The van der Waals surface area contributed by atoms with Gasteiger partial charge in [0.1, 0.15) is 67.1 Å². The number of aliphatic hydroxyl groups is 13. The first-order valence-electron chi connectivity index (χ1n) is 9.97. The van der Waals surface area contributed by atoms with Gasteiger partial charge in [-0.3, -0.25) is 0 Å². The van der Waals surface area contributed by atoms with Gasteiger partial charge in [0.2, 0.25) is 0 Å². The Hall–Kier alpha value is -0.640. The Balaban J connectivity index is 0.000000461. The first-order chi connectivity index (χ1) is 15.4. The summed E-state index contributed by atoms with van der Waals surface area (Å²) in [5, 5.41) is 119. The van der Waals surface area contributed by atoms with Crippen LogP contribution in [0.1, 0.15) is 0 Å². The Morgan fingerprint density at radius 1 is 0.606 bits per heavy atom. The summed E-state index contributed by atoms with van der Waals surface area (Å²) in [5.41, 5.74) is 0. The summed E-state index contributed by atoms with van der Waals surface area (Å²) < 4.78 is 15.3. The largest absolute Gasteiger partial charge is 0.394 e. The highest BCUT2D eigenvalue weighted by Gasteiger charge is 2.50. The van der Waals surface area contributed by atoms with E-state index in [0.29, 0.717) is 0 Å². The fourth-order valence-corrected chi connectivity index (χ4v) is 3.04. The summed E-state index contributed by atoms with van der Waals surface area (Å²) in [6.45, 7) is -2.63. The van der Waals surface area contributed by atoms with Crippen LogP contribution in [0.4, 0.5) is 0 Å². The molecule has 0 saturated carbocycles. The molecule has 2 aliphatic heterocycles. The summed E-state index contributed by atoms with van der Waals surface area (Å²) in [7, 11) is 0. The van der Waals surface area contributed by atoms with E-state index in [1.165, 1.54) is 0 Å². The predicted molar refractivity (Wildman–Crippen MR) is 101 cm³/mol. The third-order valence-electron chi connectivity index (χ3n) is 5.14. The van der Waals surface area contributed by atoms with E-state index in [0.717, 1.165) is 0 Å². The molecule has 33 heavy (non-hydrogen) atoms. The van der Waals surface area contributed by atoms with E-state index in [2.05, 4.69) is 0 Å². The molecule has 0 radical (unpaired) electrons. The smallest absolute Gasteiger partial charge is 0.187 e. The van der Waals surface area contributed by atoms with Crippen molar-refractivity contribution in [3.8, 4) is 0 Å². The van der Waals surface area contributed by atoms with E-state index in [-0.39, 0.29) is 0 Å². The molecule has 2 aliphatic rings. The fourth-order valence-electron chi connectivity index (χ4n) is 3.04. The highest BCUT2D eigenvalue weighted by Crippen LogP contribution is 2.28. The van der Waals surface area contributed by atoms with Crippen LogP contribution >= 0.6 is 0 Å². The molecule has 13 atom stereocenters. The molecular weight excluding hydrogens is 460 g/mol. The molecule has 198 valence electrons. The first kappa shape index (κ1) is 30.4. The topological polar surface area (TPSA) is 291 Å². The minimum Gasteiger partial charge on any atom is -0.394 e. The Bertz CT molecular complexity index is 527.